The average Bonchev–Trinajstić information content (AvgIpc) is 2.99. The van der Waals surface area contributed by atoms with Crippen LogP contribution in [0.3, 0.4) is 0 Å². The molecule has 250 valence electrons. The summed E-state index contributed by atoms with van der Waals surface area (Å²) in [5, 5.41) is 19.5. The van der Waals surface area contributed by atoms with E-state index in [0.29, 0.717) is 0 Å². The molecule has 0 radical (unpaired) electrons. The Kier molecular flexibility index (Phi) is 32.2. The van der Waals surface area contributed by atoms with Gasteiger partial charge in [0.05, 0.1) is 6.61 Å². The number of hydrogen-bond donors (Lipinski definition) is 2. The van der Waals surface area contributed by atoms with Crippen LogP contribution in [0.25, 0.3) is 0 Å². The first-order valence-electron chi connectivity index (χ1n) is 18.6. The van der Waals surface area contributed by atoms with Crippen molar-refractivity contribution in [1.82, 2.24) is 0 Å². The second-order valence-corrected chi connectivity index (χ2v) is 12.8. The van der Waals surface area contributed by atoms with Crippen LogP contribution in [0, 0.1) is 0 Å². The van der Waals surface area contributed by atoms with E-state index in [-0.39, 0.29) is 18.6 Å². The molecule has 0 unspecified atom stereocenters. The molecule has 0 aromatic rings. The van der Waals surface area contributed by atoms with Gasteiger partial charge in [0.25, 0.3) is 0 Å². The van der Waals surface area contributed by atoms with Gasteiger partial charge < -0.3 is 14.9 Å². The van der Waals surface area contributed by atoms with Crippen LogP contribution in [-0.2, 0) is 14.3 Å². The lowest BCUT2D eigenvalue weighted by Crippen LogP contribution is -2.40. The van der Waals surface area contributed by atoms with Gasteiger partial charge in [0.1, 0.15) is 6.10 Å². The highest BCUT2D eigenvalue weighted by Crippen LogP contribution is 2.16. The molecule has 0 aliphatic rings. The van der Waals surface area contributed by atoms with E-state index in [1.165, 1.54) is 141 Å². The fourth-order valence-electron chi connectivity index (χ4n) is 5.76. The molecule has 0 bridgehead atoms. The molecule has 0 aromatic carbocycles. The van der Waals surface area contributed by atoms with Gasteiger partial charge in [0, 0.05) is 12.8 Å². The molecule has 0 aliphatic carbocycles. The Morgan fingerprint density at radius 1 is 0.476 bits per heavy atom. The topological polar surface area (TPSA) is 83.8 Å². The zero-order chi connectivity index (χ0) is 30.9. The number of unbranched alkanes of at least 4 members (excludes halogenated alkanes) is 26. The van der Waals surface area contributed by atoms with Gasteiger partial charge in [0.15, 0.2) is 11.9 Å². The minimum absolute atomic E-state index is 0.263. The molecule has 5 heteroatoms. The number of esters is 1. The van der Waals surface area contributed by atoms with Crippen molar-refractivity contribution in [2.24, 2.45) is 0 Å². The predicted octanol–water partition coefficient (Wildman–Crippen LogP) is 10.6. The lowest BCUT2D eigenvalue weighted by atomic mass is 10.0. The molecule has 0 spiro atoms. The number of ketones is 1. The van der Waals surface area contributed by atoms with Gasteiger partial charge in [-0.25, -0.2) is 0 Å². The number of aliphatic hydroxyl groups is 2. The molecular weight excluding hydrogens is 524 g/mol. The maximum Gasteiger partial charge on any atom is 0.306 e. The Balaban J connectivity index is 3.77. The number of aliphatic hydroxyl groups excluding tert-OH is 2. The van der Waals surface area contributed by atoms with Crippen LogP contribution < -0.4 is 0 Å². The average molecular weight is 597 g/mol. The summed E-state index contributed by atoms with van der Waals surface area (Å²) < 4.78 is 5.35. The summed E-state index contributed by atoms with van der Waals surface area (Å²) in [5.41, 5.74) is 0. The molecule has 0 heterocycles. The summed E-state index contributed by atoms with van der Waals surface area (Å²) in [4.78, 5) is 25.0. The van der Waals surface area contributed by atoms with Crippen LogP contribution in [0.15, 0.2) is 0 Å². The van der Waals surface area contributed by atoms with Gasteiger partial charge >= 0.3 is 5.97 Å². The number of hydrogen-bond acceptors (Lipinski definition) is 5. The van der Waals surface area contributed by atoms with Gasteiger partial charge in [-0.15, -0.1) is 0 Å². The molecule has 0 saturated heterocycles. The fourth-order valence-corrected chi connectivity index (χ4v) is 5.76. The van der Waals surface area contributed by atoms with Crippen LogP contribution in [0.5, 0.6) is 0 Å². The van der Waals surface area contributed by atoms with Crippen molar-refractivity contribution < 1.29 is 24.5 Å². The van der Waals surface area contributed by atoms with Gasteiger partial charge in [-0.3, -0.25) is 9.59 Å². The second kappa shape index (κ2) is 33.0. The van der Waals surface area contributed by atoms with Crippen molar-refractivity contribution in [2.45, 2.75) is 219 Å². The van der Waals surface area contributed by atoms with Crippen molar-refractivity contribution in [3.05, 3.63) is 0 Å². The molecule has 2 atom stereocenters. The monoisotopic (exact) mass is 597 g/mol. The molecule has 0 aromatic heterocycles. The summed E-state index contributed by atoms with van der Waals surface area (Å²) in [5.74, 6) is -0.717. The van der Waals surface area contributed by atoms with Crippen LogP contribution >= 0.6 is 0 Å². The molecule has 0 saturated carbocycles. The number of carbonyl (C=O) groups excluding carboxylic acids is 2. The smallest absolute Gasteiger partial charge is 0.306 e. The first-order chi connectivity index (χ1) is 20.6. The van der Waals surface area contributed by atoms with Crippen molar-refractivity contribution in [1.29, 1.82) is 0 Å². The SMILES string of the molecule is CCCCCCCCCCCCCCCCCC(=O)[C@@H](OC(=O)CCCCCCCCCCCCCCC)[C@@H](O)CO. The van der Waals surface area contributed by atoms with E-state index < -0.39 is 24.8 Å². The number of Topliss-reactive ketones (excluding diaryl/α,β-unsaturated/α-hetero) is 1. The van der Waals surface area contributed by atoms with Crippen molar-refractivity contribution in [2.75, 3.05) is 6.61 Å². The minimum Gasteiger partial charge on any atom is -0.451 e. The summed E-state index contributed by atoms with van der Waals surface area (Å²) in [6.07, 6.45) is 33.0. The molecule has 42 heavy (non-hydrogen) atoms. The molecular formula is C37H72O5. The molecule has 2 N–H and O–H groups in total. The van der Waals surface area contributed by atoms with E-state index in [1.54, 1.807) is 0 Å². The normalized spacial score (nSPS) is 12.9. The van der Waals surface area contributed by atoms with Crippen molar-refractivity contribution in [3.63, 3.8) is 0 Å². The second-order valence-electron chi connectivity index (χ2n) is 12.8. The first-order valence-corrected chi connectivity index (χ1v) is 18.6. The van der Waals surface area contributed by atoms with E-state index in [0.717, 1.165) is 38.5 Å². The lowest BCUT2D eigenvalue weighted by molar-refractivity contribution is -0.163. The van der Waals surface area contributed by atoms with Gasteiger partial charge in [-0.05, 0) is 12.8 Å². The van der Waals surface area contributed by atoms with Gasteiger partial charge in [-0.2, -0.15) is 0 Å². The summed E-state index contributed by atoms with van der Waals surface area (Å²) in [6.45, 7) is 3.94. The number of rotatable bonds is 34. The third kappa shape index (κ3) is 27.9. The highest BCUT2D eigenvalue weighted by atomic mass is 16.6. The molecule has 5 nitrogen and oxygen atoms in total. The zero-order valence-electron chi connectivity index (χ0n) is 28.2. The third-order valence-corrected chi connectivity index (χ3v) is 8.62. The number of ether oxygens (including phenoxy) is 1. The van der Waals surface area contributed by atoms with E-state index in [4.69, 9.17) is 4.74 Å². The highest BCUT2D eigenvalue weighted by molar-refractivity contribution is 5.86. The Morgan fingerprint density at radius 3 is 1.07 bits per heavy atom. The van der Waals surface area contributed by atoms with Crippen LogP contribution in [-0.4, -0.2) is 40.8 Å². The van der Waals surface area contributed by atoms with Crippen LogP contribution in [0.4, 0.5) is 0 Å². The van der Waals surface area contributed by atoms with E-state index in [1.807, 2.05) is 0 Å². The van der Waals surface area contributed by atoms with Crippen molar-refractivity contribution >= 4 is 11.8 Å². The maximum absolute atomic E-state index is 12.7. The Bertz CT molecular complexity index is 579. The lowest BCUT2D eigenvalue weighted by Gasteiger charge is -2.20. The standard InChI is InChI=1S/C37H72O5/c1-3-5-7-9-11-13-15-17-18-20-21-23-25-27-29-31-34(39)37(35(40)33-38)42-36(41)32-30-28-26-24-22-19-16-14-12-10-8-6-4-2/h35,37-38,40H,3-33H2,1-2H3/t35-,37+/m0/s1. The van der Waals surface area contributed by atoms with E-state index in [9.17, 15) is 19.8 Å². The van der Waals surface area contributed by atoms with Crippen LogP contribution in [0.2, 0.25) is 0 Å². The van der Waals surface area contributed by atoms with E-state index in [2.05, 4.69) is 13.8 Å². The summed E-state index contributed by atoms with van der Waals surface area (Å²) in [6, 6.07) is 0. The minimum atomic E-state index is -1.34. The number of carbonyl (C=O) groups is 2. The quantitative estimate of drug-likeness (QED) is 0.0570. The fraction of sp³-hybridized carbons (Fsp3) is 0.946. The largest absolute Gasteiger partial charge is 0.451 e. The summed E-state index contributed by atoms with van der Waals surface area (Å²) >= 11 is 0. The highest BCUT2D eigenvalue weighted by Gasteiger charge is 2.29. The van der Waals surface area contributed by atoms with Gasteiger partial charge in [-0.1, -0.05) is 181 Å². The van der Waals surface area contributed by atoms with Crippen LogP contribution in [0.1, 0.15) is 206 Å². The maximum atomic E-state index is 12.7. The van der Waals surface area contributed by atoms with E-state index >= 15 is 0 Å². The summed E-state index contributed by atoms with van der Waals surface area (Å²) in [7, 11) is 0. The first kappa shape index (κ1) is 41.1. The zero-order valence-corrected chi connectivity index (χ0v) is 28.2. The Morgan fingerprint density at radius 2 is 0.762 bits per heavy atom. The van der Waals surface area contributed by atoms with Crippen molar-refractivity contribution in [3.8, 4) is 0 Å². The molecule has 0 fully saturated rings. The third-order valence-electron chi connectivity index (χ3n) is 8.62. The molecule has 0 rings (SSSR count). The Hall–Kier alpha value is -0.940. The molecule has 0 aliphatic heterocycles. The predicted molar refractivity (Wildman–Crippen MR) is 178 cm³/mol. The van der Waals surface area contributed by atoms with Gasteiger partial charge in [0.2, 0.25) is 0 Å². The molecule has 0 amide bonds. The Labute approximate surface area is 261 Å².